The lowest BCUT2D eigenvalue weighted by Gasteiger charge is -2.14. The first-order chi connectivity index (χ1) is 11.7. The fourth-order valence-corrected chi connectivity index (χ4v) is 3.44. The van der Waals surface area contributed by atoms with Crippen molar-refractivity contribution in [2.45, 2.75) is 46.0 Å². The van der Waals surface area contributed by atoms with E-state index in [4.69, 9.17) is 0 Å². The van der Waals surface area contributed by atoms with E-state index in [0.717, 1.165) is 49.3 Å². The first-order valence-electron chi connectivity index (χ1n) is 9.17. The third kappa shape index (κ3) is 3.78. The number of unbranched alkanes of at least 4 members (excludes halogenated alkanes) is 1. The topological polar surface area (TPSA) is 49.6 Å². The van der Waals surface area contributed by atoms with Crippen LogP contribution in [0.4, 0.5) is 0 Å². The lowest BCUT2D eigenvalue weighted by molar-refractivity contribution is 0.0946. The van der Waals surface area contributed by atoms with Gasteiger partial charge in [0.25, 0.3) is 5.91 Å². The van der Waals surface area contributed by atoms with E-state index in [9.17, 15) is 4.79 Å². The highest BCUT2D eigenvalue weighted by Crippen LogP contribution is 2.15. The Balaban J connectivity index is 1.58. The zero-order valence-electron chi connectivity index (χ0n) is 14.8. The van der Waals surface area contributed by atoms with Crippen molar-refractivity contribution < 1.29 is 4.79 Å². The van der Waals surface area contributed by atoms with E-state index in [1.165, 1.54) is 25.9 Å². The highest BCUT2D eigenvalue weighted by Gasteiger charge is 2.18. The maximum absolute atomic E-state index is 12.6. The van der Waals surface area contributed by atoms with Crippen LogP contribution in [0.25, 0.3) is 5.65 Å². The number of carbonyl (C=O) groups is 1. The second-order valence-electron chi connectivity index (χ2n) is 6.71. The number of pyridine rings is 1. The fraction of sp³-hybridized carbons (Fsp3) is 0.579. The lowest BCUT2D eigenvalue weighted by Crippen LogP contribution is -2.28. The first kappa shape index (κ1) is 17.0. The Morgan fingerprint density at radius 1 is 1.25 bits per heavy atom. The van der Waals surface area contributed by atoms with Gasteiger partial charge in [0, 0.05) is 12.7 Å². The zero-order chi connectivity index (χ0) is 16.9. The molecule has 0 atom stereocenters. The maximum Gasteiger partial charge on any atom is 0.270 e. The average Bonchev–Trinajstić information content (AvgIpc) is 3.21. The van der Waals surface area contributed by atoms with Crippen LogP contribution in [-0.4, -0.2) is 46.4 Å². The van der Waals surface area contributed by atoms with Crippen molar-refractivity contribution in [3.05, 3.63) is 35.3 Å². The van der Waals surface area contributed by atoms with Gasteiger partial charge in [0.2, 0.25) is 0 Å². The summed E-state index contributed by atoms with van der Waals surface area (Å²) in [5, 5.41) is 3.08. The predicted octanol–water partition coefficient (Wildman–Crippen LogP) is 2.81. The Morgan fingerprint density at radius 2 is 2.04 bits per heavy atom. The second-order valence-corrected chi connectivity index (χ2v) is 6.71. The van der Waals surface area contributed by atoms with E-state index >= 15 is 0 Å². The number of hydrogen-bond donors (Lipinski definition) is 1. The Morgan fingerprint density at radius 3 is 2.79 bits per heavy atom. The van der Waals surface area contributed by atoms with Crippen LogP contribution in [-0.2, 0) is 6.42 Å². The van der Waals surface area contributed by atoms with Gasteiger partial charge in [-0.25, -0.2) is 4.98 Å². The molecular formula is C19H28N4O. The van der Waals surface area contributed by atoms with E-state index in [0.29, 0.717) is 5.69 Å². The van der Waals surface area contributed by atoms with Crippen molar-refractivity contribution in [2.24, 2.45) is 0 Å². The molecule has 0 spiro atoms. The molecule has 3 heterocycles. The molecule has 5 nitrogen and oxygen atoms in total. The molecule has 0 saturated carbocycles. The molecule has 1 fully saturated rings. The van der Waals surface area contributed by atoms with Gasteiger partial charge in [0.1, 0.15) is 11.3 Å². The van der Waals surface area contributed by atoms with Crippen molar-refractivity contribution in [2.75, 3.05) is 26.2 Å². The van der Waals surface area contributed by atoms with Gasteiger partial charge in [0.05, 0.1) is 5.69 Å². The summed E-state index contributed by atoms with van der Waals surface area (Å²) in [6, 6.07) is 4.00. The zero-order valence-corrected chi connectivity index (χ0v) is 14.8. The Hall–Kier alpha value is -1.88. The van der Waals surface area contributed by atoms with Crippen LogP contribution in [0.5, 0.6) is 0 Å². The quantitative estimate of drug-likeness (QED) is 0.795. The van der Waals surface area contributed by atoms with Crippen LogP contribution in [0, 0.1) is 6.92 Å². The highest BCUT2D eigenvalue weighted by molar-refractivity contribution is 5.94. The second kappa shape index (κ2) is 7.79. The number of aromatic nitrogens is 2. The van der Waals surface area contributed by atoms with E-state index < -0.39 is 0 Å². The van der Waals surface area contributed by atoms with Crippen molar-refractivity contribution in [1.82, 2.24) is 19.6 Å². The van der Waals surface area contributed by atoms with E-state index in [2.05, 4.69) is 15.2 Å². The maximum atomic E-state index is 12.6. The van der Waals surface area contributed by atoms with E-state index in [1.807, 2.05) is 36.6 Å². The van der Waals surface area contributed by atoms with Crippen molar-refractivity contribution in [1.29, 1.82) is 0 Å². The van der Waals surface area contributed by atoms with Crippen LogP contribution in [0.3, 0.4) is 0 Å². The number of carbonyl (C=O) groups excluding carboxylic acids is 1. The molecule has 24 heavy (non-hydrogen) atoms. The normalized spacial score (nSPS) is 15.2. The number of imidazole rings is 1. The number of nitrogens with one attached hydrogen (secondary N) is 1. The average molecular weight is 328 g/mol. The van der Waals surface area contributed by atoms with Crippen molar-refractivity contribution in [3.63, 3.8) is 0 Å². The van der Waals surface area contributed by atoms with Gasteiger partial charge in [-0.05, 0) is 70.3 Å². The molecule has 0 aliphatic carbocycles. The highest BCUT2D eigenvalue weighted by atomic mass is 16.1. The minimum atomic E-state index is -0.00822. The first-order valence-corrected chi connectivity index (χ1v) is 9.17. The molecule has 130 valence electrons. The summed E-state index contributed by atoms with van der Waals surface area (Å²) >= 11 is 0. The van der Waals surface area contributed by atoms with Crippen LogP contribution in [0.15, 0.2) is 18.3 Å². The molecule has 1 aliphatic rings. The van der Waals surface area contributed by atoms with Gasteiger partial charge in [-0.15, -0.1) is 0 Å². The van der Waals surface area contributed by atoms with Crippen LogP contribution in [0.2, 0.25) is 0 Å². The Bertz CT molecular complexity index is 701. The summed E-state index contributed by atoms with van der Waals surface area (Å²) in [7, 11) is 0. The van der Waals surface area contributed by atoms with Crippen LogP contribution < -0.4 is 5.32 Å². The summed E-state index contributed by atoms with van der Waals surface area (Å²) in [5.41, 5.74) is 3.53. The van der Waals surface area contributed by atoms with E-state index in [-0.39, 0.29) is 5.91 Å². The summed E-state index contributed by atoms with van der Waals surface area (Å²) in [6.45, 7) is 8.45. The third-order valence-corrected chi connectivity index (χ3v) is 4.77. The number of rotatable bonds is 7. The van der Waals surface area contributed by atoms with Gasteiger partial charge in [-0.2, -0.15) is 0 Å². The monoisotopic (exact) mass is 328 g/mol. The molecule has 0 unspecified atom stereocenters. The summed E-state index contributed by atoms with van der Waals surface area (Å²) in [6.07, 6.45) is 7.60. The minimum absolute atomic E-state index is 0.00822. The van der Waals surface area contributed by atoms with Crippen LogP contribution in [0.1, 0.15) is 54.4 Å². The summed E-state index contributed by atoms with van der Waals surface area (Å²) in [5.74, 6) is -0.00822. The predicted molar refractivity (Wildman–Crippen MR) is 96.5 cm³/mol. The smallest absolute Gasteiger partial charge is 0.270 e. The Labute approximate surface area is 144 Å². The van der Waals surface area contributed by atoms with Crippen LogP contribution >= 0.6 is 0 Å². The summed E-state index contributed by atoms with van der Waals surface area (Å²) < 4.78 is 1.92. The molecular weight excluding hydrogens is 300 g/mol. The van der Waals surface area contributed by atoms with Gasteiger partial charge in [-0.1, -0.05) is 13.0 Å². The molecule has 2 aromatic rings. The molecule has 1 amide bonds. The molecule has 5 heteroatoms. The lowest BCUT2D eigenvalue weighted by atomic mass is 10.2. The molecule has 0 bridgehead atoms. The fourth-order valence-electron chi connectivity index (χ4n) is 3.44. The van der Waals surface area contributed by atoms with Gasteiger partial charge < -0.3 is 10.2 Å². The molecule has 1 N–H and O–H groups in total. The summed E-state index contributed by atoms with van der Waals surface area (Å²) in [4.78, 5) is 19.8. The van der Waals surface area contributed by atoms with Crippen molar-refractivity contribution >= 4 is 11.6 Å². The number of nitrogens with zero attached hydrogens (tertiary/aromatic N) is 3. The van der Waals surface area contributed by atoms with Crippen molar-refractivity contribution in [3.8, 4) is 0 Å². The molecule has 0 aromatic carbocycles. The third-order valence-electron chi connectivity index (χ3n) is 4.77. The van der Waals surface area contributed by atoms with Gasteiger partial charge >= 0.3 is 0 Å². The van der Waals surface area contributed by atoms with E-state index in [1.54, 1.807) is 0 Å². The van der Waals surface area contributed by atoms with Gasteiger partial charge in [0.15, 0.2) is 0 Å². The molecule has 0 radical (unpaired) electrons. The SMILES string of the molecule is CCc1nc2ccc(C)cn2c1C(=O)NCCCCN1CCCC1. The van der Waals surface area contributed by atoms with Gasteiger partial charge in [-0.3, -0.25) is 9.20 Å². The molecule has 2 aromatic heterocycles. The number of fused-ring (bicyclic) bond motifs is 1. The molecule has 1 aliphatic heterocycles. The Kier molecular flexibility index (Phi) is 5.51. The largest absolute Gasteiger partial charge is 0.351 e. The standard InChI is InChI=1S/C19H28N4O/c1-3-16-18(23-14-15(2)8-9-17(23)21-16)19(24)20-10-4-5-11-22-12-6-7-13-22/h8-9,14H,3-7,10-13H2,1-2H3,(H,20,24). The molecule has 3 rings (SSSR count). The number of amides is 1. The number of aryl methyl sites for hydroxylation is 2. The molecule has 1 saturated heterocycles. The number of likely N-dealkylation sites (tertiary alicyclic amines) is 1. The number of hydrogen-bond acceptors (Lipinski definition) is 3. The minimum Gasteiger partial charge on any atom is -0.351 e.